The lowest BCUT2D eigenvalue weighted by Gasteiger charge is -2.03. The van der Waals surface area contributed by atoms with E-state index >= 15 is 0 Å². The van der Waals surface area contributed by atoms with Crippen molar-refractivity contribution in [1.82, 2.24) is 10.6 Å². The highest BCUT2D eigenvalue weighted by molar-refractivity contribution is 5.84. The molecule has 92 valence electrons. The summed E-state index contributed by atoms with van der Waals surface area (Å²) in [5.74, 6) is 0.0980. The van der Waals surface area contributed by atoms with Gasteiger partial charge in [-0.2, -0.15) is 0 Å². The maximum Gasteiger partial charge on any atom is 0.220 e. The minimum absolute atomic E-state index is 0. The number of carbonyl (C=O) groups is 2. The Morgan fingerprint density at radius 1 is 1.13 bits per heavy atom. The third kappa shape index (κ3) is 13.1. The van der Waals surface area contributed by atoms with Crippen LogP contribution in [-0.4, -0.2) is 31.8 Å². The summed E-state index contributed by atoms with van der Waals surface area (Å²) in [5.41, 5.74) is 0. The first-order chi connectivity index (χ1) is 7.20. The number of hydrogen-bond donors (Lipinski definition) is 2. The summed E-state index contributed by atoms with van der Waals surface area (Å²) >= 11 is 0. The average Bonchev–Trinajstić information content (AvgIpc) is 2.29. The maximum absolute atomic E-state index is 11.0. The third-order valence-electron chi connectivity index (χ3n) is 1.72. The number of rotatable bonds is 7. The van der Waals surface area contributed by atoms with Crippen LogP contribution in [0.3, 0.4) is 0 Å². The highest BCUT2D eigenvalue weighted by Crippen LogP contribution is 1.93. The van der Waals surface area contributed by atoms with Crippen molar-refractivity contribution in [3.8, 4) is 0 Å². The van der Waals surface area contributed by atoms with Gasteiger partial charge in [0, 0.05) is 33.8 Å². The molecule has 1 amide bonds. The maximum atomic E-state index is 11.0. The molecule has 0 unspecified atom stereocenters. The highest BCUT2D eigenvalue weighted by atomic mass is 16.2. The predicted octanol–water partition coefficient (Wildman–Crippen LogP) is 1.35. The number of hydrogen-bond acceptors (Lipinski definition) is 3. The van der Waals surface area contributed by atoms with Crippen molar-refractivity contribution >= 4 is 11.7 Å². The second kappa shape index (κ2) is 13.1. The number of ketones is 1. The first-order valence-electron chi connectivity index (χ1n) is 5.63. The van der Waals surface area contributed by atoms with Crippen LogP contribution in [0.2, 0.25) is 0 Å². The number of amides is 1. The Hall–Kier alpha value is -0.900. The van der Waals surface area contributed by atoms with Crippen molar-refractivity contribution in [2.24, 2.45) is 0 Å². The van der Waals surface area contributed by atoms with Crippen LogP contribution < -0.4 is 10.6 Å². The highest BCUT2D eigenvalue weighted by Gasteiger charge is 2.03. The van der Waals surface area contributed by atoms with Crippen LogP contribution in [-0.2, 0) is 9.59 Å². The molecule has 0 aromatic rings. The van der Waals surface area contributed by atoms with Crippen LogP contribution in [0.4, 0.5) is 0 Å². The summed E-state index contributed by atoms with van der Waals surface area (Å²) < 4.78 is 0. The fourth-order valence-electron chi connectivity index (χ4n) is 0.845. The normalized spacial score (nSPS) is 8.80. The molecule has 0 aromatic carbocycles. The van der Waals surface area contributed by atoms with E-state index in [0.29, 0.717) is 25.8 Å². The number of carbonyl (C=O) groups excluding carboxylic acids is 2. The van der Waals surface area contributed by atoms with E-state index in [0.717, 1.165) is 6.54 Å². The standard InChI is InChI=1S/C9H18N2O2.C2H6.H2/c1-3-8(12)4-5-9(13)11-7-6-10-2;1-2;/h10H,3-7H2,1-2H3,(H,11,13);1-2H3;1H. The first kappa shape index (κ1) is 16.5. The zero-order chi connectivity index (χ0) is 12.1. The molecule has 0 fully saturated rings. The topological polar surface area (TPSA) is 58.2 Å². The average molecular weight is 218 g/mol. The van der Waals surface area contributed by atoms with Gasteiger partial charge in [0.15, 0.2) is 0 Å². The summed E-state index contributed by atoms with van der Waals surface area (Å²) in [5, 5.41) is 5.63. The Bertz CT molecular complexity index is 175. The van der Waals surface area contributed by atoms with E-state index in [2.05, 4.69) is 10.6 Å². The van der Waals surface area contributed by atoms with Crippen molar-refractivity contribution in [2.45, 2.75) is 40.0 Å². The van der Waals surface area contributed by atoms with E-state index in [1.54, 1.807) is 6.92 Å². The molecule has 0 bridgehead atoms. The van der Waals surface area contributed by atoms with E-state index in [9.17, 15) is 9.59 Å². The van der Waals surface area contributed by atoms with Crippen LogP contribution in [0.25, 0.3) is 0 Å². The molecule has 0 rings (SSSR count). The Balaban J connectivity index is -0.000000529. The molecule has 0 radical (unpaired) electrons. The molecular formula is C11H26N2O2. The SMILES string of the molecule is CC.CCC(=O)CCC(=O)NCCNC.[HH]. The van der Waals surface area contributed by atoms with Gasteiger partial charge < -0.3 is 10.6 Å². The number of nitrogens with one attached hydrogen (secondary N) is 2. The van der Waals surface area contributed by atoms with Gasteiger partial charge in [-0.05, 0) is 7.05 Å². The molecule has 0 spiro atoms. The summed E-state index contributed by atoms with van der Waals surface area (Å²) in [6, 6.07) is 0. The zero-order valence-corrected chi connectivity index (χ0v) is 10.4. The van der Waals surface area contributed by atoms with Crippen molar-refractivity contribution in [3.05, 3.63) is 0 Å². The molecule has 0 atom stereocenters. The molecule has 0 aliphatic rings. The van der Waals surface area contributed by atoms with Gasteiger partial charge in [-0.3, -0.25) is 9.59 Å². The summed E-state index contributed by atoms with van der Waals surface area (Å²) in [7, 11) is 1.83. The van der Waals surface area contributed by atoms with Crippen molar-refractivity contribution in [2.75, 3.05) is 20.1 Å². The molecule has 0 saturated carbocycles. The Morgan fingerprint density at radius 3 is 2.20 bits per heavy atom. The Kier molecular flexibility index (Phi) is 14.4. The Labute approximate surface area is 94.3 Å². The number of Topliss-reactive ketones (excluding diaryl/α,β-unsaturated/α-hetero) is 1. The van der Waals surface area contributed by atoms with Crippen LogP contribution >= 0.6 is 0 Å². The number of likely N-dealkylation sites (N-methyl/N-ethyl adjacent to an activating group) is 1. The van der Waals surface area contributed by atoms with Crippen molar-refractivity contribution in [3.63, 3.8) is 0 Å². The lowest BCUT2D eigenvalue weighted by Crippen LogP contribution is -2.30. The summed E-state index contributed by atoms with van der Waals surface area (Å²) in [6.45, 7) is 7.18. The van der Waals surface area contributed by atoms with Gasteiger partial charge in [0.25, 0.3) is 0 Å². The van der Waals surface area contributed by atoms with Crippen molar-refractivity contribution in [1.29, 1.82) is 0 Å². The van der Waals surface area contributed by atoms with E-state index in [1.165, 1.54) is 0 Å². The molecule has 0 saturated heterocycles. The first-order valence-corrected chi connectivity index (χ1v) is 5.63. The lowest BCUT2D eigenvalue weighted by atomic mass is 10.2. The Morgan fingerprint density at radius 2 is 1.73 bits per heavy atom. The summed E-state index contributed by atoms with van der Waals surface area (Å²) in [6.07, 6.45) is 1.20. The minimum Gasteiger partial charge on any atom is -0.355 e. The van der Waals surface area contributed by atoms with Crippen LogP contribution in [0, 0.1) is 0 Å². The zero-order valence-electron chi connectivity index (χ0n) is 10.4. The van der Waals surface area contributed by atoms with E-state index in [-0.39, 0.29) is 13.1 Å². The molecule has 2 N–H and O–H groups in total. The second-order valence-electron chi connectivity index (χ2n) is 2.85. The quantitative estimate of drug-likeness (QED) is 0.634. The second-order valence-corrected chi connectivity index (χ2v) is 2.85. The fourth-order valence-corrected chi connectivity index (χ4v) is 0.845. The van der Waals surface area contributed by atoms with Gasteiger partial charge in [-0.25, -0.2) is 0 Å². The smallest absolute Gasteiger partial charge is 0.220 e. The molecule has 4 heteroatoms. The molecule has 0 aromatic heterocycles. The minimum atomic E-state index is -0.0444. The van der Waals surface area contributed by atoms with Gasteiger partial charge in [0.2, 0.25) is 5.91 Å². The summed E-state index contributed by atoms with van der Waals surface area (Å²) in [4.78, 5) is 21.9. The monoisotopic (exact) mass is 218 g/mol. The lowest BCUT2D eigenvalue weighted by molar-refractivity contribution is -0.125. The molecule has 0 aliphatic heterocycles. The van der Waals surface area contributed by atoms with Gasteiger partial charge in [0.1, 0.15) is 5.78 Å². The molecule has 0 aliphatic carbocycles. The largest absolute Gasteiger partial charge is 0.355 e. The predicted molar refractivity (Wildman–Crippen MR) is 64.9 cm³/mol. The van der Waals surface area contributed by atoms with Crippen LogP contribution in [0.5, 0.6) is 0 Å². The van der Waals surface area contributed by atoms with Gasteiger partial charge in [-0.1, -0.05) is 20.8 Å². The van der Waals surface area contributed by atoms with E-state index < -0.39 is 0 Å². The van der Waals surface area contributed by atoms with Gasteiger partial charge >= 0.3 is 0 Å². The molecule has 4 nitrogen and oxygen atoms in total. The molecular weight excluding hydrogens is 192 g/mol. The molecule has 15 heavy (non-hydrogen) atoms. The van der Waals surface area contributed by atoms with E-state index in [1.807, 2.05) is 20.9 Å². The molecule has 0 heterocycles. The van der Waals surface area contributed by atoms with Crippen LogP contribution in [0.1, 0.15) is 41.5 Å². The van der Waals surface area contributed by atoms with Crippen molar-refractivity contribution < 1.29 is 11.0 Å². The van der Waals surface area contributed by atoms with Crippen LogP contribution in [0.15, 0.2) is 0 Å². The van der Waals surface area contributed by atoms with Gasteiger partial charge in [-0.15, -0.1) is 0 Å². The third-order valence-corrected chi connectivity index (χ3v) is 1.72. The van der Waals surface area contributed by atoms with E-state index in [4.69, 9.17) is 0 Å². The van der Waals surface area contributed by atoms with Gasteiger partial charge in [0.05, 0.1) is 0 Å². The fraction of sp³-hybridized carbons (Fsp3) is 0.818.